The predicted octanol–water partition coefficient (Wildman–Crippen LogP) is 3.32. The Morgan fingerprint density at radius 3 is 2.67 bits per heavy atom. The molecule has 1 amide bonds. The van der Waals surface area contributed by atoms with Crippen molar-refractivity contribution in [3.63, 3.8) is 0 Å². The van der Waals surface area contributed by atoms with Crippen LogP contribution in [0.3, 0.4) is 0 Å². The molecule has 0 radical (unpaired) electrons. The van der Waals surface area contributed by atoms with E-state index >= 15 is 0 Å². The number of amides is 1. The molecule has 2 aromatic heterocycles. The number of hydrogen-bond donors (Lipinski definition) is 1. The molecular weight excluding hydrogens is 300 g/mol. The molecular formula is C19H24N4O. The Balaban J connectivity index is 1.97. The van der Waals surface area contributed by atoms with Gasteiger partial charge in [0.25, 0.3) is 0 Å². The van der Waals surface area contributed by atoms with E-state index in [2.05, 4.69) is 29.1 Å². The molecule has 1 atom stereocenters. The number of nitrogens with zero attached hydrogens (tertiary/aromatic N) is 3. The molecule has 1 aliphatic carbocycles. The van der Waals surface area contributed by atoms with Gasteiger partial charge < -0.3 is 5.32 Å². The van der Waals surface area contributed by atoms with Crippen molar-refractivity contribution in [1.29, 1.82) is 0 Å². The van der Waals surface area contributed by atoms with Gasteiger partial charge in [0, 0.05) is 35.6 Å². The summed E-state index contributed by atoms with van der Waals surface area (Å²) < 4.78 is 0. The Labute approximate surface area is 143 Å². The number of rotatable bonds is 3. The first-order valence-electron chi connectivity index (χ1n) is 8.42. The largest absolute Gasteiger partial charge is 0.349 e. The maximum absolute atomic E-state index is 12.2. The molecule has 2 heterocycles. The number of carbonyl (C=O) groups is 1. The second kappa shape index (κ2) is 6.30. The molecule has 5 heteroatoms. The fraction of sp³-hybridized carbons (Fsp3) is 0.474. The average Bonchev–Trinajstić information content (AvgIpc) is 2.54. The highest BCUT2D eigenvalue weighted by Gasteiger charge is 2.34. The molecule has 0 aliphatic heterocycles. The monoisotopic (exact) mass is 324 g/mol. The lowest BCUT2D eigenvalue weighted by Crippen LogP contribution is -2.38. The van der Waals surface area contributed by atoms with E-state index < -0.39 is 0 Å². The number of fused-ring (bicyclic) bond motifs is 1. The minimum atomic E-state index is -0.0319. The molecule has 24 heavy (non-hydrogen) atoms. The minimum absolute atomic E-state index is 0.0230. The van der Waals surface area contributed by atoms with Crippen LogP contribution in [0.25, 0.3) is 11.4 Å². The van der Waals surface area contributed by atoms with Crippen LogP contribution in [-0.2, 0) is 11.2 Å². The van der Waals surface area contributed by atoms with Crippen LogP contribution in [0.4, 0.5) is 0 Å². The van der Waals surface area contributed by atoms with Gasteiger partial charge >= 0.3 is 0 Å². The van der Waals surface area contributed by atoms with Crippen LogP contribution in [-0.4, -0.2) is 20.9 Å². The van der Waals surface area contributed by atoms with Crippen LogP contribution >= 0.6 is 0 Å². The standard InChI is InChI=1S/C19H24N4O/c1-12(2)18(24)23-16-10-19(3,4)9-15-14(16)11-21-17(22-15)13-5-7-20-8-6-13/h5-8,11-12,16H,9-10H2,1-4H3,(H,23,24)/t16-/m1/s1. The first-order valence-corrected chi connectivity index (χ1v) is 8.42. The lowest BCUT2D eigenvalue weighted by molar-refractivity contribution is -0.125. The van der Waals surface area contributed by atoms with Crippen molar-refractivity contribution in [2.75, 3.05) is 0 Å². The second-order valence-corrected chi connectivity index (χ2v) is 7.59. The summed E-state index contributed by atoms with van der Waals surface area (Å²) in [7, 11) is 0. The van der Waals surface area contributed by atoms with Crippen molar-refractivity contribution < 1.29 is 4.79 Å². The third-order valence-electron chi connectivity index (χ3n) is 4.46. The van der Waals surface area contributed by atoms with E-state index in [4.69, 9.17) is 4.98 Å². The molecule has 1 aliphatic rings. The van der Waals surface area contributed by atoms with Gasteiger partial charge in [-0.3, -0.25) is 9.78 Å². The summed E-state index contributed by atoms with van der Waals surface area (Å²) in [6, 6.07) is 3.80. The number of nitrogens with one attached hydrogen (secondary N) is 1. The average molecular weight is 324 g/mol. The quantitative estimate of drug-likeness (QED) is 0.940. The zero-order chi connectivity index (χ0) is 17.3. The van der Waals surface area contributed by atoms with Crippen molar-refractivity contribution in [3.05, 3.63) is 42.0 Å². The lowest BCUT2D eigenvalue weighted by atomic mass is 9.74. The molecule has 0 bridgehead atoms. The highest BCUT2D eigenvalue weighted by molar-refractivity contribution is 5.78. The number of aromatic nitrogens is 3. The summed E-state index contributed by atoms with van der Waals surface area (Å²) in [6.45, 7) is 8.26. The van der Waals surface area contributed by atoms with Crippen molar-refractivity contribution in [3.8, 4) is 11.4 Å². The summed E-state index contributed by atoms with van der Waals surface area (Å²) >= 11 is 0. The van der Waals surface area contributed by atoms with E-state index in [-0.39, 0.29) is 23.3 Å². The summed E-state index contributed by atoms with van der Waals surface area (Å²) in [5, 5.41) is 3.16. The van der Waals surface area contributed by atoms with Gasteiger partial charge in [0.1, 0.15) is 0 Å². The molecule has 0 aromatic carbocycles. The van der Waals surface area contributed by atoms with Crippen molar-refractivity contribution in [2.24, 2.45) is 11.3 Å². The molecule has 2 aromatic rings. The molecule has 0 unspecified atom stereocenters. The molecule has 0 spiro atoms. The maximum atomic E-state index is 12.2. The topological polar surface area (TPSA) is 67.8 Å². The highest BCUT2D eigenvalue weighted by atomic mass is 16.1. The van der Waals surface area contributed by atoms with Gasteiger partial charge in [-0.1, -0.05) is 27.7 Å². The fourth-order valence-electron chi connectivity index (χ4n) is 3.15. The van der Waals surface area contributed by atoms with Gasteiger partial charge in [0.15, 0.2) is 5.82 Å². The van der Waals surface area contributed by atoms with E-state index in [1.54, 1.807) is 12.4 Å². The third-order valence-corrected chi connectivity index (χ3v) is 4.46. The van der Waals surface area contributed by atoms with Gasteiger partial charge in [0.05, 0.1) is 11.7 Å². The van der Waals surface area contributed by atoms with Crippen LogP contribution in [0.2, 0.25) is 0 Å². The van der Waals surface area contributed by atoms with E-state index in [1.807, 2.05) is 32.2 Å². The number of pyridine rings is 1. The Morgan fingerprint density at radius 2 is 2.00 bits per heavy atom. The highest BCUT2D eigenvalue weighted by Crippen LogP contribution is 2.40. The Hall–Kier alpha value is -2.30. The van der Waals surface area contributed by atoms with Crippen molar-refractivity contribution >= 4 is 5.91 Å². The van der Waals surface area contributed by atoms with Crippen LogP contribution in [0, 0.1) is 11.3 Å². The minimum Gasteiger partial charge on any atom is -0.349 e. The van der Waals surface area contributed by atoms with E-state index in [0.29, 0.717) is 5.82 Å². The van der Waals surface area contributed by atoms with Gasteiger partial charge in [-0.25, -0.2) is 9.97 Å². The van der Waals surface area contributed by atoms with Crippen molar-refractivity contribution in [1.82, 2.24) is 20.3 Å². The first kappa shape index (κ1) is 16.6. The van der Waals surface area contributed by atoms with Crippen LogP contribution in [0.1, 0.15) is 51.4 Å². The zero-order valence-corrected chi connectivity index (χ0v) is 14.7. The summed E-state index contributed by atoms with van der Waals surface area (Å²) in [6.07, 6.45) is 7.15. The Bertz CT molecular complexity index is 740. The molecule has 3 rings (SSSR count). The first-order chi connectivity index (χ1) is 11.4. The molecule has 0 fully saturated rings. The Morgan fingerprint density at radius 1 is 1.29 bits per heavy atom. The molecule has 126 valence electrons. The van der Waals surface area contributed by atoms with Gasteiger partial charge in [0.2, 0.25) is 5.91 Å². The second-order valence-electron chi connectivity index (χ2n) is 7.59. The summed E-state index contributed by atoms with van der Waals surface area (Å²) in [5.74, 6) is 0.750. The SMILES string of the molecule is CC(C)C(=O)N[C@@H]1CC(C)(C)Cc2nc(-c3ccncc3)ncc21. The number of carbonyl (C=O) groups excluding carboxylic acids is 1. The normalized spacial score (nSPS) is 19.0. The van der Waals surface area contributed by atoms with Gasteiger partial charge in [-0.05, 0) is 30.4 Å². The predicted molar refractivity (Wildman–Crippen MR) is 93.1 cm³/mol. The van der Waals surface area contributed by atoms with Crippen LogP contribution in [0.5, 0.6) is 0 Å². The lowest BCUT2D eigenvalue weighted by Gasteiger charge is -2.36. The molecule has 5 nitrogen and oxygen atoms in total. The van der Waals surface area contributed by atoms with Crippen LogP contribution < -0.4 is 5.32 Å². The smallest absolute Gasteiger partial charge is 0.223 e. The van der Waals surface area contributed by atoms with Gasteiger partial charge in [-0.15, -0.1) is 0 Å². The van der Waals surface area contributed by atoms with E-state index in [9.17, 15) is 4.79 Å². The number of hydrogen-bond acceptors (Lipinski definition) is 4. The molecule has 1 N–H and O–H groups in total. The van der Waals surface area contributed by atoms with Crippen LogP contribution in [0.15, 0.2) is 30.7 Å². The summed E-state index contributed by atoms with van der Waals surface area (Å²) in [4.78, 5) is 25.5. The molecule has 0 saturated carbocycles. The summed E-state index contributed by atoms with van der Waals surface area (Å²) in [5.41, 5.74) is 3.12. The molecule has 0 saturated heterocycles. The maximum Gasteiger partial charge on any atom is 0.223 e. The Kier molecular flexibility index (Phi) is 4.35. The van der Waals surface area contributed by atoms with Gasteiger partial charge in [-0.2, -0.15) is 0 Å². The zero-order valence-electron chi connectivity index (χ0n) is 14.7. The third kappa shape index (κ3) is 3.45. The van der Waals surface area contributed by atoms with E-state index in [0.717, 1.165) is 29.7 Å². The van der Waals surface area contributed by atoms with Crippen molar-refractivity contribution in [2.45, 2.75) is 46.6 Å². The van der Waals surface area contributed by atoms with E-state index in [1.165, 1.54) is 0 Å². The fourth-order valence-corrected chi connectivity index (χ4v) is 3.15.